The number of urea groups is 1. The van der Waals surface area contributed by atoms with E-state index in [1.54, 1.807) is 30.3 Å². The molecule has 1 unspecified atom stereocenters. The number of carboxylic acids is 1. The van der Waals surface area contributed by atoms with E-state index >= 15 is 0 Å². The highest BCUT2D eigenvalue weighted by molar-refractivity contribution is 5.97. The zero-order valence-corrected chi connectivity index (χ0v) is 18.0. The van der Waals surface area contributed by atoms with E-state index in [1.807, 2.05) is 6.07 Å². The SMILES string of the molecule is CC1=C(C(=O)O)C(c2cccc([N+](=O)[O-])c2)N(CCCNCC(=O)c2ccccc2)C(=O)N1. The van der Waals surface area contributed by atoms with Gasteiger partial charge in [0.2, 0.25) is 0 Å². The molecule has 33 heavy (non-hydrogen) atoms. The minimum Gasteiger partial charge on any atom is -0.478 e. The van der Waals surface area contributed by atoms with Gasteiger partial charge in [-0.1, -0.05) is 42.5 Å². The fourth-order valence-corrected chi connectivity index (χ4v) is 3.74. The van der Waals surface area contributed by atoms with Crippen LogP contribution in [-0.4, -0.2) is 52.3 Å². The summed E-state index contributed by atoms with van der Waals surface area (Å²) in [6, 6.07) is 13.0. The summed E-state index contributed by atoms with van der Waals surface area (Å²) in [7, 11) is 0. The molecule has 0 saturated heterocycles. The van der Waals surface area contributed by atoms with Crippen LogP contribution in [0.5, 0.6) is 0 Å². The Morgan fingerprint density at radius 2 is 1.91 bits per heavy atom. The third-order valence-corrected chi connectivity index (χ3v) is 5.31. The maximum absolute atomic E-state index is 12.7. The Morgan fingerprint density at radius 1 is 1.18 bits per heavy atom. The van der Waals surface area contributed by atoms with E-state index in [9.17, 15) is 29.6 Å². The van der Waals surface area contributed by atoms with Crippen molar-refractivity contribution in [2.75, 3.05) is 19.6 Å². The lowest BCUT2D eigenvalue weighted by atomic mass is 9.93. The molecule has 10 nitrogen and oxygen atoms in total. The number of non-ortho nitro benzene ring substituents is 1. The smallest absolute Gasteiger partial charge is 0.335 e. The number of nitro benzene ring substituents is 1. The monoisotopic (exact) mass is 452 g/mol. The molecule has 1 heterocycles. The topological polar surface area (TPSA) is 142 Å². The number of ketones is 1. The maximum Gasteiger partial charge on any atom is 0.335 e. The third-order valence-electron chi connectivity index (χ3n) is 5.31. The molecule has 2 aromatic rings. The van der Waals surface area contributed by atoms with E-state index in [-0.39, 0.29) is 35.8 Å². The molecular weight excluding hydrogens is 428 g/mol. The van der Waals surface area contributed by atoms with E-state index in [0.29, 0.717) is 24.1 Å². The van der Waals surface area contributed by atoms with Gasteiger partial charge in [0.1, 0.15) is 0 Å². The largest absolute Gasteiger partial charge is 0.478 e. The molecule has 1 aliphatic rings. The molecule has 0 bridgehead atoms. The number of allylic oxidation sites excluding steroid dienone is 1. The van der Waals surface area contributed by atoms with Gasteiger partial charge in [0.15, 0.2) is 5.78 Å². The van der Waals surface area contributed by atoms with Gasteiger partial charge in [-0.25, -0.2) is 9.59 Å². The molecular formula is C23H24N4O6. The average Bonchev–Trinajstić information content (AvgIpc) is 2.79. The number of rotatable bonds is 10. The van der Waals surface area contributed by atoms with E-state index in [2.05, 4.69) is 10.6 Å². The first-order valence-electron chi connectivity index (χ1n) is 10.3. The van der Waals surface area contributed by atoms with Gasteiger partial charge in [-0.3, -0.25) is 14.9 Å². The Hall–Kier alpha value is -4.05. The number of hydrogen-bond donors (Lipinski definition) is 3. The van der Waals surface area contributed by atoms with Crippen LogP contribution in [0.2, 0.25) is 0 Å². The van der Waals surface area contributed by atoms with Crippen molar-refractivity contribution in [2.24, 2.45) is 0 Å². The third kappa shape index (κ3) is 5.60. The lowest BCUT2D eigenvalue weighted by Gasteiger charge is -2.37. The lowest BCUT2D eigenvalue weighted by Crippen LogP contribution is -2.49. The van der Waals surface area contributed by atoms with Gasteiger partial charge in [0, 0.05) is 29.9 Å². The van der Waals surface area contributed by atoms with Crippen LogP contribution in [0, 0.1) is 10.1 Å². The van der Waals surface area contributed by atoms with Crippen molar-refractivity contribution in [2.45, 2.75) is 19.4 Å². The molecule has 2 amide bonds. The zero-order valence-electron chi connectivity index (χ0n) is 18.0. The predicted molar refractivity (Wildman–Crippen MR) is 120 cm³/mol. The number of aliphatic carboxylic acids is 1. The number of carboxylic acid groups (broad SMARTS) is 1. The lowest BCUT2D eigenvalue weighted by molar-refractivity contribution is -0.384. The van der Waals surface area contributed by atoms with Gasteiger partial charge in [-0.05, 0) is 25.5 Å². The Morgan fingerprint density at radius 3 is 2.58 bits per heavy atom. The molecule has 172 valence electrons. The fraction of sp³-hybridized carbons (Fsp3) is 0.261. The van der Waals surface area contributed by atoms with Crippen molar-refractivity contribution in [1.82, 2.24) is 15.5 Å². The summed E-state index contributed by atoms with van der Waals surface area (Å²) < 4.78 is 0. The van der Waals surface area contributed by atoms with Gasteiger partial charge >= 0.3 is 12.0 Å². The first-order chi connectivity index (χ1) is 15.8. The summed E-state index contributed by atoms with van der Waals surface area (Å²) in [5.74, 6) is -1.28. The van der Waals surface area contributed by atoms with Crippen LogP contribution >= 0.6 is 0 Å². The minimum atomic E-state index is -1.22. The Labute approximate surface area is 190 Å². The molecule has 0 aliphatic carbocycles. The van der Waals surface area contributed by atoms with Crippen LogP contribution in [0.1, 0.15) is 35.3 Å². The molecule has 0 aromatic heterocycles. The normalized spacial score (nSPS) is 15.8. The van der Waals surface area contributed by atoms with Gasteiger partial charge in [-0.2, -0.15) is 0 Å². The van der Waals surface area contributed by atoms with E-state index in [1.165, 1.54) is 30.0 Å². The number of carbonyl (C=O) groups excluding carboxylic acids is 2. The van der Waals surface area contributed by atoms with Crippen molar-refractivity contribution in [1.29, 1.82) is 0 Å². The first kappa shape index (κ1) is 23.6. The van der Waals surface area contributed by atoms with Crippen LogP contribution in [0.25, 0.3) is 0 Å². The highest BCUT2D eigenvalue weighted by atomic mass is 16.6. The number of nitrogens with one attached hydrogen (secondary N) is 2. The summed E-state index contributed by atoms with van der Waals surface area (Å²) >= 11 is 0. The Bertz CT molecular complexity index is 1100. The number of amides is 2. The molecule has 1 atom stereocenters. The summed E-state index contributed by atoms with van der Waals surface area (Å²) in [5.41, 5.74) is 0.872. The quantitative estimate of drug-likeness (QED) is 0.218. The standard InChI is InChI=1S/C23H24N4O6/c1-15-20(22(29)30)21(17-9-5-10-18(13-17)27(32)33)26(23(31)25-15)12-6-11-24-14-19(28)16-7-3-2-4-8-16/h2-5,7-10,13,21,24H,6,11-12,14H2,1H3,(H,25,31)(H,29,30). The van der Waals surface area contributed by atoms with E-state index in [4.69, 9.17) is 0 Å². The molecule has 2 aromatic carbocycles. The zero-order chi connectivity index (χ0) is 24.0. The summed E-state index contributed by atoms with van der Waals surface area (Å²) in [4.78, 5) is 48.9. The molecule has 10 heteroatoms. The maximum atomic E-state index is 12.7. The Balaban J connectivity index is 1.72. The minimum absolute atomic E-state index is 0.0534. The van der Waals surface area contributed by atoms with Crippen LogP contribution in [0.15, 0.2) is 65.9 Å². The van der Waals surface area contributed by atoms with Crippen molar-refractivity contribution in [3.05, 3.63) is 87.1 Å². The molecule has 0 fully saturated rings. The second kappa shape index (κ2) is 10.5. The van der Waals surface area contributed by atoms with Gasteiger partial charge in [0.25, 0.3) is 5.69 Å². The number of hydrogen-bond acceptors (Lipinski definition) is 6. The van der Waals surface area contributed by atoms with Crippen LogP contribution in [0.4, 0.5) is 10.5 Å². The summed E-state index contributed by atoms with van der Waals surface area (Å²) in [6.07, 6.45) is 0.437. The molecule has 3 rings (SSSR count). The molecule has 0 radical (unpaired) electrons. The highest BCUT2D eigenvalue weighted by Crippen LogP contribution is 2.35. The van der Waals surface area contributed by atoms with Crippen LogP contribution in [-0.2, 0) is 4.79 Å². The van der Waals surface area contributed by atoms with Crippen molar-refractivity contribution in [3.63, 3.8) is 0 Å². The number of carbonyl (C=O) groups is 3. The molecule has 0 saturated carbocycles. The van der Waals surface area contributed by atoms with E-state index < -0.39 is 23.0 Å². The van der Waals surface area contributed by atoms with Crippen LogP contribution in [0.3, 0.4) is 0 Å². The molecule has 3 N–H and O–H groups in total. The average molecular weight is 452 g/mol. The number of nitrogens with zero attached hydrogens (tertiary/aromatic N) is 2. The van der Waals surface area contributed by atoms with Crippen molar-refractivity contribution in [3.8, 4) is 0 Å². The number of nitro groups is 1. The second-order valence-electron chi connectivity index (χ2n) is 7.54. The van der Waals surface area contributed by atoms with Gasteiger partial charge < -0.3 is 20.6 Å². The summed E-state index contributed by atoms with van der Waals surface area (Å²) in [6.45, 7) is 2.20. The van der Waals surface area contributed by atoms with E-state index in [0.717, 1.165) is 0 Å². The van der Waals surface area contributed by atoms with Gasteiger partial charge in [-0.15, -0.1) is 0 Å². The number of Topliss-reactive ketones (excluding diaryl/α,β-unsaturated/α-hetero) is 1. The first-order valence-corrected chi connectivity index (χ1v) is 10.3. The predicted octanol–water partition coefficient (Wildman–Crippen LogP) is 2.88. The fourth-order valence-electron chi connectivity index (χ4n) is 3.74. The van der Waals surface area contributed by atoms with Gasteiger partial charge in [0.05, 0.1) is 23.1 Å². The van der Waals surface area contributed by atoms with Crippen molar-refractivity contribution < 1.29 is 24.4 Å². The molecule has 0 spiro atoms. The summed E-state index contributed by atoms with van der Waals surface area (Å²) in [5, 5.41) is 26.6. The second-order valence-corrected chi connectivity index (χ2v) is 7.54. The molecule has 1 aliphatic heterocycles. The van der Waals surface area contributed by atoms with Crippen molar-refractivity contribution >= 4 is 23.5 Å². The van der Waals surface area contributed by atoms with Crippen LogP contribution < -0.4 is 10.6 Å². The Kier molecular flexibility index (Phi) is 7.52. The number of benzene rings is 2. The highest BCUT2D eigenvalue weighted by Gasteiger charge is 2.37.